The van der Waals surface area contributed by atoms with Crippen LogP contribution in [-0.4, -0.2) is 26.7 Å². The van der Waals surface area contributed by atoms with Gasteiger partial charge in [-0.3, -0.25) is 4.79 Å². The maximum absolute atomic E-state index is 12.4. The number of aliphatic hydroxyl groups is 1. The number of hydrogen-bond donors (Lipinski definition) is 2. The normalized spacial score (nSPS) is 16.5. The van der Waals surface area contributed by atoms with Crippen LogP contribution in [0.4, 0.5) is 0 Å². The Kier molecular flexibility index (Phi) is 3.56. The predicted molar refractivity (Wildman–Crippen MR) is 78.2 cm³/mol. The highest BCUT2D eigenvalue weighted by Gasteiger charge is 2.37. The van der Waals surface area contributed by atoms with E-state index in [2.05, 4.69) is 21.2 Å². The second kappa shape index (κ2) is 4.63. The molecule has 0 atom stereocenters. The molecular formula is C14H21BrN2O2. The quantitative estimate of drug-likeness (QED) is 0.892. The van der Waals surface area contributed by atoms with E-state index in [1.807, 2.05) is 30.7 Å². The van der Waals surface area contributed by atoms with Gasteiger partial charge in [-0.05, 0) is 62.5 Å². The average molecular weight is 329 g/mol. The fraction of sp³-hybridized carbons (Fsp3) is 0.643. The number of rotatable bonds is 4. The van der Waals surface area contributed by atoms with Gasteiger partial charge in [0.25, 0.3) is 5.91 Å². The van der Waals surface area contributed by atoms with Crippen molar-refractivity contribution in [2.75, 3.05) is 0 Å². The van der Waals surface area contributed by atoms with Crippen molar-refractivity contribution >= 4 is 21.8 Å². The topological polar surface area (TPSA) is 54.3 Å². The van der Waals surface area contributed by atoms with Gasteiger partial charge in [0, 0.05) is 16.7 Å². The molecule has 0 saturated heterocycles. The van der Waals surface area contributed by atoms with Crippen LogP contribution in [0.5, 0.6) is 0 Å². The lowest BCUT2D eigenvalue weighted by atomic mass is 9.86. The highest BCUT2D eigenvalue weighted by molar-refractivity contribution is 9.10. The van der Waals surface area contributed by atoms with Crippen LogP contribution in [-0.2, 0) is 0 Å². The zero-order valence-corrected chi connectivity index (χ0v) is 13.4. The molecule has 0 aliphatic heterocycles. The molecule has 1 aliphatic carbocycles. The van der Waals surface area contributed by atoms with Gasteiger partial charge in [-0.1, -0.05) is 0 Å². The summed E-state index contributed by atoms with van der Waals surface area (Å²) in [5, 5.41) is 13.0. The van der Waals surface area contributed by atoms with Crippen molar-refractivity contribution in [3.8, 4) is 0 Å². The van der Waals surface area contributed by atoms with Crippen molar-refractivity contribution in [3.05, 3.63) is 22.4 Å². The molecule has 4 nitrogen and oxygen atoms in total. The summed E-state index contributed by atoms with van der Waals surface area (Å²) < 4.78 is 2.92. The Bertz CT molecular complexity index is 496. The summed E-state index contributed by atoms with van der Waals surface area (Å²) in [5.41, 5.74) is -1.04. The van der Waals surface area contributed by atoms with E-state index in [4.69, 9.17) is 0 Å². The van der Waals surface area contributed by atoms with E-state index < -0.39 is 11.1 Å². The third-order valence-corrected chi connectivity index (χ3v) is 4.38. The lowest BCUT2D eigenvalue weighted by molar-refractivity contribution is -0.00310. The van der Waals surface area contributed by atoms with Gasteiger partial charge in [0.05, 0.1) is 11.1 Å². The molecule has 2 N–H and O–H groups in total. The van der Waals surface area contributed by atoms with E-state index >= 15 is 0 Å². The Morgan fingerprint density at radius 1 is 1.42 bits per heavy atom. The van der Waals surface area contributed by atoms with Gasteiger partial charge in [0.15, 0.2) is 0 Å². The van der Waals surface area contributed by atoms with Gasteiger partial charge in [0.1, 0.15) is 5.69 Å². The summed E-state index contributed by atoms with van der Waals surface area (Å²) in [6, 6.07) is 2.27. The first-order chi connectivity index (χ1) is 8.62. The van der Waals surface area contributed by atoms with Crippen molar-refractivity contribution in [3.63, 3.8) is 0 Å². The highest BCUT2D eigenvalue weighted by atomic mass is 79.9. The molecule has 1 aromatic rings. The average Bonchev–Trinajstić information content (AvgIpc) is 2.99. The van der Waals surface area contributed by atoms with Crippen LogP contribution >= 0.6 is 15.9 Å². The molecule has 0 unspecified atom stereocenters. The zero-order chi connectivity index (χ0) is 14.4. The van der Waals surface area contributed by atoms with Crippen LogP contribution in [0, 0.1) is 0 Å². The van der Waals surface area contributed by atoms with Gasteiger partial charge >= 0.3 is 0 Å². The predicted octanol–water partition coefficient (Wildman–Crippen LogP) is 2.86. The molecule has 19 heavy (non-hydrogen) atoms. The molecule has 1 aliphatic rings. The largest absolute Gasteiger partial charge is 0.388 e. The zero-order valence-electron chi connectivity index (χ0n) is 11.8. The molecule has 0 radical (unpaired) electrons. The van der Waals surface area contributed by atoms with E-state index in [0.29, 0.717) is 11.7 Å². The Morgan fingerprint density at radius 3 is 2.47 bits per heavy atom. The highest BCUT2D eigenvalue weighted by Crippen LogP contribution is 2.37. The van der Waals surface area contributed by atoms with Gasteiger partial charge in [-0.15, -0.1) is 0 Å². The Labute approximate surface area is 122 Å². The van der Waals surface area contributed by atoms with Crippen molar-refractivity contribution in [2.24, 2.45) is 0 Å². The number of aromatic nitrogens is 1. The Balaban J connectivity index is 2.21. The number of carbonyl (C=O) groups excluding carboxylic acids is 1. The van der Waals surface area contributed by atoms with E-state index in [1.165, 1.54) is 0 Å². The van der Waals surface area contributed by atoms with Gasteiger partial charge in [-0.2, -0.15) is 0 Å². The molecule has 5 heteroatoms. The number of halogens is 1. The van der Waals surface area contributed by atoms with Gasteiger partial charge < -0.3 is 15.0 Å². The summed E-state index contributed by atoms with van der Waals surface area (Å²) in [6.07, 6.45) is 4.19. The molecule has 1 heterocycles. The number of nitrogens with one attached hydrogen (secondary N) is 1. The van der Waals surface area contributed by atoms with Crippen LogP contribution in [0.2, 0.25) is 0 Å². The smallest absolute Gasteiger partial charge is 0.268 e. The maximum atomic E-state index is 12.4. The third kappa shape index (κ3) is 3.03. The Hall–Kier alpha value is -0.810. The molecule has 1 amide bonds. The first-order valence-corrected chi connectivity index (χ1v) is 7.33. The summed E-state index contributed by atoms with van der Waals surface area (Å²) in [5.74, 6) is -0.148. The Morgan fingerprint density at radius 2 is 2.00 bits per heavy atom. The number of carbonyl (C=O) groups is 1. The fourth-order valence-corrected chi connectivity index (χ4v) is 2.22. The van der Waals surface area contributed by atoms with E-state index in [-0.39, 0.29) is 5.91 Å². The molecule has 0 spiro atoms. The molecule has 1 saturated carbocycles. The maximum Gasteiger partial charge on any atom is 0.268 e. The summed E-state index contributed by atoms with van der Waals surface area (Å²) >= 11 is 3.42. The molecule has 1 fully saturated rings. The minimum absolute atomic E-state index is 0.148. The summed E-state index contributed by atoms with van der Waals surface area (Å²) in [7, 11) is 0. The van der Waals surface area contributed by atoms with Crippen LogP contribution in [0.25, 0.3) is 0 Å². The fourth-order valence-electron chi connectivity index (χ4n) is 1.78. The first kappa shape index (κ1) is 14.6. The number of hydrogen-bond acceptors (Lipinski definition) is 2. The first-order valence-electron chi connectivity index (χ1n) is 6.54. The minimum atomic E-state index is -0.989. The van der Waals surface area contributed by atoms with Crippen LogP contribution < -0.4 is 5.32 Å². The van der Waals surface area contributed by atoms with E-state index in [9.17, 15) is 9.90 Å². The van der Waals surface area contributed by atoms with Crippen LogP contribution in [0.3, 0.4) is 0 Å². The van der Waals surface area contributed by atoms with E-state index in [1.54, 1.807) is 13.8 Å². The molecule has 106 valence electrons. The molecule has 1 aromatic heterocycles. The number of amides is 1. The standard InChI is InChI=1S/C14H21BrN2O2/c1-13(2,14(3,4)19)16-12(18)11-7-9(15)8-17(11)10-5-6-10/h7-8,10,19H,5-6H2,1-4H3,(H,16,18). The molecule has 2 rings (SSSR count). The monoisotopic (exact) mass is 328 g/mol. The lowest BCUT2D eigenvalue weighted by Gasteiger charge is -2.38. The number of nitrogens with zero attached hydrogens (tertiary/aromatic N) is 1. The second-order valence-electron chi connectivity index (χ2n) is 6.32. The third-order valence-electron chi connectivity index (χ3n) is 3.94. The van der Waals surface area contributed by atoms with Crippen LogP contribution in [0.1, 0.15) is 57.1 Å². The summed E-state index contributed by atoms with van der Waals surface area (Å²) in [4.78, 5) is 12.4. The van der Waals surface area contributed by atoms with Crippen molar-refractivity contribution in [1.29, 1.82) is 0 Å². The van der Waals surface area contributed by atoms with Crippen molar-refractivity contribution in [2.45, 2.75) is 57.7 Å². The lowest BCUT2D eigenvalue weighted by Crippen LogP contribution is -2.57. The minimum Gasteiger partial charge on any atom is -0.388 e. The van der Waals surface area contributed by atoms with Gasteiger partial charge in [0.2, 0.25) is 0 Å². The van der Waals surface area contributed by atoms with Crippen molar-refractivity contribution in [1.82, 2.24) is 9.88 Å². The van der Waals surface area contributed by atoms with Gasteiger partial charge in [-0.25, -0.2) is 0 Å². The molecule has 0 aromatic carbocycles. The summed E-state index contributed by atoms with van der Waals surface area (Å²) in [6.45, 7) is 7.04. The van der Waals surface area contributed by atoms with Crippen LogP contribution in [0.15, 0.2) is 16.7 Å². The molecule has 0 bridgehead atoms. The molecular weight excluding hydrogens is 308 g/mol. The van der Waals surface area contributed by atoms with E-state index in [0.717, 1.165) is 17.3 Å². The van der Waals surface area contributed by atoms with Crippen molar-refractivity contribution < 1.29 is 9.90 Å². The SMILES string of the molecule is CC(C)(O)C(C)(C)NC(=O)c1cc(Br)cn1C1CC1. The second-order valence-corrected chi connectivity index (χ2v) is 7.24.